The number of hydrogen-bond donors (Lipinski definition) is 0. The number of aryl methyl sites for hydroxylation is 1. The lowest BCUT2D eigenvalue weighted by Gasteiger charge is -2.24. The molecule has 1 unspecified atom stereocenters. The molecular formula is C16H20FN5OS. The van der Waals surface area contributed by atoms with Gasteiger partial charge in [-0.05, 0) is 41.0 Å². The summed E-state index contributed by atoms with van der Waals surface area (Å²) in [6.45, 7) is 1.45. The standard InChI is InChI=1S/C16H20FN5OS/c1-21-16(18-19-20-21)24-11-15(23)22-9-3-2-4-13(10-22)12-5-7-14(17)8-6-12/h5-8,13H,2-4,9-11H2,1H3. The highest BCUT2D eigenvalue weighted by Gasteiger charge is 2.23. The molecule has 3 rings (SSSR count). The van der Waals surface area contributed by atoms with E-state index in [1.54, 1.807) is 11.7 Å². The third-order valence-corrected chi connectivity index (χ3v) is 5.27. The zero-order valence-corrected chi connectivity index (χ0v) is 14.4. The molecule has 1 fully saturated rings. The van der Waals surface area contributed by atoms with Gasteiger partial charge in [-0.2, -0.15) is 0 Å². The van der Waals surface area contributed by atoms with Crippen molar-refractivity contribution < 1.29 is 9.18 Å². The van der Waals surface area contributed by atoms with Gasteiger partial charge in [0, 0.05) is 26.1 Å². The van der Waals surface area contributed by atoms with Crippen LogP contribution in [0.1, 0.15) is 30.7 Å². The Labute approximate surface area is 144 Å². The molecule has 2 heterocycles. The van der Waals surface area contributed by atoms with Crippen LogP contribution in [0, 0.1) is 5.82 Å². The zero-order valence-electron chi connectivity index (χ0n) is 13.6. The Hall–Kier alpha value is -1.96. The molecule has 8 heteroatoms. The van der Waals surface area contributed by atoms with E-state index in [1.165, 1.54) is 23.9 Å². The minimum Gasteiger partial charge on any atom is -0.341 e. The Kier molecular flexibility index (Phi) is 5.44. The Morgan fingerprint density at radius 3 is 2.83 bits per heavy atom. The van der Waals surface area contributed by atoms with E-state index in [0.717, 1.165) is 31.4 Å². The summed E-state index contributed by atoms with van der Waals surface area (Å²) in [6.07, 6.45) is 3.10. The minimum atomic E-state index is -0.228. The molecule has 0 N–H and O–H groups in total. The summed E-state index contributed by atoms with van der Waals surface area (Å²) in [4.78, 5) is 14.5. The van der Waals surface area contributed by atoms with Crippen LogP contribution >= 0.6 is 11.8 Å². The van der Waals surface area contributed by atoms with E-state index < -0.39 is 0 Å². The van der Waals surface area contributed by atoms with Crippen LogP contribution in [0.2, 0.25) is 0 Å². The van der Waals surface area contributed by atoms with Gasteiger partial charge in [0.05, 0.1) is 5.75 Å². The molecule has 1 aromatic carbocycles. The van der Waals surface area contributed by atoms with Gasteiger partial charge in [0.15, 0.2) is 0 Å². The largest absolute Gasteiger partial charge is 0.341 e. The molecule has 128 valence electrons. The lowest BCUT2D eigenvalue weighted by atomic mass is 9.94. The average Bonchev–Trinajstić information content (AvgIpc) is 2.84. The first-order chi connectivity index (χ1) is 11.6. The summed E-state index contributed by atoms with van der Waals surface area (Å²) < 4.78 is 14.7. The van der Waals surface area contributed by atoms with Crippen LogP contribution in [-0.4, -0.2) is 49.9 Å². The number of rotatable bonds is 4. The Bertz CT molecular complexity index is 690. The van der Waals surface area contributed by atoms with Crippen molar-refractivity contribution >= 4 is 17.7 Å². The molecule has 0 spiro atoms. The average molecular weight is 349 g/mol. The molecule has 0 bridgehead atoms. The van der Waals surface area contributed by atoms with E-state index in [0.29, 0.717) is 17.5 Å². The van der Waals surface area contributed by atoms with E-state index in [-0.39, 0.29) is 17.6 Å². The van der Waals surface area contributed by atoms with Crippen LogP contribution in [0.4, 0.5) is 4.39 Å². The molecule has 1 amide bonds. The van der Waals surface area contributed by atoms with E-state index in [4.69, 9.17) is 0 Å². The molecule has 2 aromatic rings. The molecule has 6 nitrogen and oxygen atoms in total. The molecule has 1 atom stereocenters. The topological polar surface area (TPSA) is 63.9 Å². The minimum absolute atomic E-state index is 0.0945. The van der Waals surface area contributed by atoms with Crippen LogP contribution in [-0.2, 0) is 11.8 Å². The highest BCUT2D eigenvalue weighted by atomic mass is 32.2. The molecule has 1 aliphatic heterocycles. The highest BCUT2D eigenvalue weighted by Crippen LogP contribution is 2.27. The Morgan fingerprint density at radius 1 is 1.33 bits per heavy atom. The van der Waals surface area contributed by atoms with E-state index in [1.807, 2.05) is 17.0 Å². The first-order valence-corrected chi connectivity index (χ1v) is 9.00. The molecular weight excluding hydrogens is 329 g/mol. The number of amides is 1. The van der Waals surface area contributed by atoms with E-state index >= 15 is 0 Å². The first kappa shape index (κ1) is 16.9. The fourth-order valence-electron chi connectivity index (χ4n) is 2.94. The number of benzene rings is 1. The van der Waals surface area contributed by atoms with Crippen LogP contribution in [0.3, 0.4) is 0 Å². The molecule has 0 aliphatic carbocycles. The molecule has 0 radical (unpaired) electrons. The maximum atomic E-state index is 13.1. The molecule has 0 saturated carbocycles. The molecule has 1 aliphatic rings. The third-order valence-electron chi connectivity index (χ3n) is 4.27. The highest BCUT2D eigenvalue weighted by molar-refractivity contribution is 7.99. The molecule has 1 saturated heterocycles. The van der Waals surface area contributed by atoms with Crippen LogP contribution in [0.25, 0.3) is 0 Å². The summed E-state index contributed by atoms with van der Waals surface area (Å²) in [5.41, 5.74) is 1.10. The summed E-state index contributed by atoms with van der Waals surface area (Å²) in [7, 11) is 1.75. The summed E-state index contributed by atoms with van der Waals surface area (Å²) in [5, 5.41) is 11.8. The van der Waals surface area contributed by atoms with Gasteiger partial charge in [-0.1, -0.05) is 30.3 Å². The maximum Gasteiger partial charge on any atom is 0.233 e. The fraction of sp³-hybridized carbons (Fsp3) is 0.500. The van der Waals surface area contributed by atoms with Gasteiger partial charge in [0.1, 0.15) is 5.82 Å². The van der Waals surface area contributed by atoms with Crippen molar-refractivity contribution in [2.45, 2.75) is 30.3 Å². The van der Waals surface area contributed by atoms with Gasteiger partial charge in [-0.15, -0.1) is 5.10 Å². The van der Waals surface area contributed by atoms with Gasteiger partial charge in [0.25, 0.3) is 0 Å². The molecule has 1 aromatic heterocycles. The van der Waals surface area contributed by atoms with Crippen molar-refractivity contribution in [1.29, 1.82) is 0 Å². The van der Waals surface area contributed by atoms with Gasteiger partial charge in [0.2, 0.25) is 11.1 Å². The number of aromatic nitrogens is 4. The first-order valence-electron chi connectivity index (χ1n) is 8.02. The van der Waals surface area contributed by atoms with Crippen molar-refractivity contribution in [3.8, 4) is 0 Å². The Morgan fingerprint density at radius 2 is 2.12 bits per heavy atom. The number of carbonyl (C=O) groups excluding carboxylic acids is 1. The van der Waals surface area contributed by atoms with Gasteiger partial charge in [-0.25, -0.2) is 9.07 Å². The van der Waals surface area contributed by atoms with Crippen molar-refractivity contribution in [2.24, 2.45) is 7.05 Å². The number of carbonyl (C=O) groups is 1. The predicted octanol–water partition coefficient (Wildman–Crippen LogP) is 2.24. The number of hydrogen-bond acceptors (Lipinski definition) is 5. The normalized spacial score (nSPS) is 18.4. The van der Waals surface area contributed by atoms with Gasteiger partial charge >= 0.3 is 0 Å². The second-order valence-electron chi connectivity index (χ2n) is 5.96. The number of halogens is 1. The maximum absolute atomic E-state index is 13.1. The number of likely N-dealkylation sites (tertiary alicyclic amines) is 1. The second-order valence-corrected chi connectivity index (χ2v) is 6.90. The smallest absolute Gasteiger partial charge is 0.233 e. The van der Waals surface area contributed by atoms with Crippen molar-refractivity contribution in [3.05, 3.63) is 35.6 Å². The fourth-order valence-corrected chi connectivity index (χ4v) is 3.69. The van der Waals surface area contributed by atoms with Crippen LogP contribution in [0.15, 0.2) is 29.4 Å². The third kappa shape index (κ3) is 4.11. The lowest BCUT2D eigenvalue weighted by Crippen LogP contribution is -2.35. The van der Waals surface area contributed by atoms with Crippen LogP contribution < -0.4 is 0 Å². The quantitative estimate of drug-likeness (QED) is 0.792. The number of tetrazole rings is 1. The molecule has 24 heavy (non-hydrogen) atoms. The summed E-state index contributed by atoms with van der Waals surface area (Å²) in [5.74, 6) is 0.453. The van der Waals surface area contributed by atoms with Gasteiger partial charge in [-0.3, -0.25) is 4.79 Å². The van der Waals surface area contributed by atoms with Crippen molar-refractivity contribution in [3.63, 3.8) is 0 Å². The Balaban J connectivity index is 1.62. The van der Waals surface area contributed by atoms with E-state index in [2.05, 4.69) is 15.5 Å². The van der Waals surface area contributed by atoms with Gasteiger partial charge < -0.3 is 4.90 Å². The summed E-state index contributed by atoms with van der Waals surface area (Å²) in [6, 6.07) is 6.63. The van der Waals surface area contributed by atoms with Crippen LogP contribution in [0.5, 0.6) is 0 Å². The van der Waals surface area contributed by atoms with E-state index in [9.17, 15) is 9.18 Å². The monoisotopic (exact) mass is 349 g/mol. The SMILES string of the molecule is Cn1nnnc1SCC(=O)N1CCCCC(c2ccc(F)cc2)C1. The predicted molar refractivity (Wildman–Crippen MR) is 89.1 cm³/mol. The second kappa shape index (κ2) is 7.74. The number of thioether (sulfide) groups is 1. The zero-order chi connectivity index (χ0) is 16.9. The lowest BCUT2D eigenvalue weighted by molar-refractivity contribution is -0.128. The van der Waals surface area contributed by atoms with Crippen molar-refractivity contribution in [2.75, 3.05) is 18.8 Å². The summed E-state index contributed by atoms with van der Waals surface area (Å²) >= 11 is 1.35. The number of nitrogens with zero attached hydrogens (tertiary/aromatic N) is 5. The van der Waals surface area contributed by atoms with Crippen molar-refractivity contribution in [1.82, 2.24) is 25.1 Å².